The molecule has 2 rings (SSSR count). The molecule has 1 heterocycles. The summed E-state index contributed by atoms with van der Waals surface area (Å²) in [6, 6.07) is 2.40. The molecule has 1 atom stereocenters. The van der Waals surface area contributed by atoms with Gasteiger partial charge in [-0.3, -0.25) is 4.79 Å². The zero-order chi connectivity index (χ0) is 13.4. The van der Waals surface area contributed by atoms with Gasteiger partial charge in [0.05, 0.1) is 11.1 Å². The van der Waals surface area contributed by atoms with Gasteiger partial charge in [0.1, 0.15) is 11.4 Å². The van der Waals surface area contributed by atoms with Crippen LogP contribution in [0.4, 0.5) is 10.1 Å². The van der Waals surface area contributed by atoms with Gasteiger partial charge in [0.25, 0.3) is 0 Å². The van der Waals surface area contributed by atoms with Crippen molar-refractivity contribution in [2.24, 2.45) is 0 Å². The molecular weight excluding hydrogens is 328 g/mol. The van der Waals surface area contributed by atoms with Crippen molar-refractivity contribution >= 4 is 45.1 Å². The lowest BCUT2D eigenvalue weighted by Crippen LogP contribution is -2.28. The average molecular weight is 337 g/mol. The van der Waals surface area contributed by atoms with Crippen LogP contribution in [-0.4, -0.2) is 28.9 Å². The second-order valence-corrected chi connectivity index (χ2v) is 5.34. The van der Waals surface area contributed by atoms with Gasteiger partial charge >= 0.3 is 5.97 Å². The molecule has 1 aromatic carbocycles. The van der Waals surface area contributed by atoms with E-state index >= 15 is 0 Å². The Morgan fingerprint density at radius 1 is 1.56 bits per heavy atom. The molecule has 1 aliphatic rings. The Kier molecular flexibility index (Phi) is 3.59. The van der Waals surface area contributed by atoms with Gasteiger partial charge in [-0.15, -0.1) is 11.6 Å². The van der Waals surface area contributed by atoms with E-state index < -0.39 is 17.2 Å². The summed E-state index contributed by atoms with van der Waals surface area (Å²) in [6.07, 6.45) is 0.0760. The zero-order valence-corrected chi connectivity index (χ0v) is 11.3. The number of halogens is 3. The monoisotopic (exact) mass is 335 g/mol. The fraction of sp³-hybridized carbons (Fsp3) is 0.273. The minimum absolute atomic E-state index is 0.0760. The number of carbonyl (C=O) groups excluding carboxylic acids is 1. The number of carbonyl (C=O) groups is 2. The maximum Gasteiger partial charge on any atom is 0.339 e. The van der Waals surface area contributed by atoms with E-state index in [0.717, 1.165) is 11.0 Å². The fourth-order valence-electron chi connectivity index (χ4n) is 1.89. The van der Waals surface area contributed by atoms with Crippen molar-refractivity contribution in [1.29, 1.82) is 0 Å². The van der Waals surface area contributed by atoms with Crippen LogP contribution in [0.2, 0.25) is 0 Å². The third-order valence-corrected chi connectivity index (χ3v) is 3.59. The number of benzene rings is 1. The van der Waals surface area contributed by atoms with E-state index in [4.69, 9.17) is 16.7 Å². The Morgan fingerprint density at radius 3 is 2.72 bits per heavy atom. The van der Waals surface area contributed by atoms with Crippen molar-refractivity contribution in [3.8, 4) is 0 Å². The molecule has 1 amide bonds. The molecule has 96 valence electrons. The predicted molar refractivity (Wildman–Crippen MR) is 67.7 cm³/mol. The van der Waals surface area contributed by atoms with Crippen molar-refractivity contribution < 1.29 is 19.1 Å². The highest BCUT2D eigenvalue weighted by molar-refractivity contribution is 9.10. The van der Waals surface area contributed by atoms with E-state index in [1.165, 1.54) is 6.07 Å². The van der Waals surface area contributed by atoms with Gasteiger partial charge in [0.15, 0.2) is 0 Å². The third-order valence-electron chi connectivity index (χ3n) is 2.64. The summed E-state index contributed by atoms with van der Waals surface area (Å²) in [5, 5.41) is 8.68. The number of alkyl halides is 1. The molecule has 0 aromatic heterocycles. The molecule has 1 saturated heterocycles. The van der Waals surface area contributed by atoms with Crippen molar-refractivity contribution in [3.63, 3.8) is 0 Å². The predicted octanol–water partition coefficient (Wildman–Crippen LogP) is 2.63. The largest absolute Gasteiger partial charge is 0.478 e. The van der Waals surface area contributed by atoms with Crippen LogP contribution >= 0.6 is 27.5 Å². The maximum atomic E-state index is 13.8. The third kappa shape index (κ3) is 2.22. The lowest BCUT2D eigenvalue weighted by atomic mass is 10.1. The van der Waals surface area contributed by atoms with Gasteiger partial charge in [-0.05, 0) is 28.1 Å². The molecular formula is C11H8BrClFNO3. The number of rotatable bonds is 2. The lowest BCUT2D eigenvalue weighted by molar-refractivity contribution is -0.117. The smallest absolute Gasteiger partial charge is 0.339 e. The van der Waals surface area contributed by atoms with E-state index in [-0.39, 0.29) is 34.6 Å². The number of carboxylic acids is 1. The van der Waals surface area contributed by atoms with E-state index in [2.05, 4.69) is 15.9 Å². The standard InChI is InChI=1S/C11H8BrClFNO3/c12-6-1-2-7(14)10(9(6)11(17)18)15-4-5(13)3-8(15)16/h1-2,5H,3-4H2,(H,17,18). The molecule has 0 saturated carbocycles. The number of nitrogens with zero attached hydrogens (tertiary/aromatic N) is 1. The summed E-state index contributed by atoms with van der Waals surface area (Å²) >= 11 is 8.88. The molecule has 0 spiro atoms. The number of carboxylic acid groups (broad SMARTS) is 1. The summed E-state index contributed by atoms with van der Waals surface area (Å²) < 4.78 is 14.0. The zero-order valence-electron chi connectivity index (χ0n) is 8.99. The lowest BCUT2D eigenvalue weighted by Gasteiger charge is -2.19. The molecule has 0 bridgehead atoms. The number of hydrogen-bond donors (Lipinski definition) is 1. The number of amides is 1. The Morgan fingerprint density at radius 2 is 2.22 bits per heavy atom. The first-order valence-corrected chi connectivity index (χ1v) is 6.30. The highest BCUT2D eigenvalue weighted by Gasteiger charge is 2.34. The van der Waals surface area contributed by atoms with E-state index in [1.54, 1.807) is 0 Å². The van der Waals surface area contributed by atoms with Crippen LogP contribution in [0, 0.1) is 5.82 Å². The van der Waals surface area contributed by atoms with Crippen LogP contribution in [0.25, 0.3) is 0 Å². The molecule has 0 radical (unpaired) electrons. The first-order valence-electron chi connectivity index (χ1n) is 5.07. The summed E-state index contributed by atoms with van der Waals surface area (Å²) in [7, 11) is 0. The quantitative estimate of drug-likeness (QED) is 0.845. The second kappa shape index (κ2) is 4.85. The Bertz CT molecular complexity index is 537. The molecule has 1 unspecified atom stereocenters. The van der Waals surface area contributed by atoms with Crippen molar-refractivity contribution in [3.05, 3.63) is 28.0 Å². The molecule has 4 nitrogen and oxygen atoms in total. The summed E-state index contributed by atoms with van der Waals surface area (Å²) in [5.74, 6) is -2.44. The van der Waals surface area contributed by atoms with Gasteiger partial charge in [-0.2, -0.15) is 0 Å². The highest BCUT2D eigenvalue weighted by Crippen LogP contribution is 2.34. The maximum absolute atomic E-state index is 13.8. The number of aromatic carboxylic acids is 1. The van der Waals surface area contributed by atoms with Crippen LogP contribution in [0.15, 0.2) is 16.6 Å². The highest BCUT2D eigenvalue weighted by atomic mass is 79.9. The molecule has 7 heteroatoms. The van der Waals surface area contributed by atoms with Crippen LogP contribution in [-0.2, 0) is 4.79 Å². The summed E-state index contributed by atoms with van der Waals surface area (Å²) in [6.45, 7) is 0.105. The van der Waals surface area contributed by atoms with E-state index in [9.17, 15) is 14.0 Å². The molecule has 1 N–H and O–H groups in total. The first-order chi connectivity index (χ1) is 8.41. The van der Waals surface area contributed by atoms with Gasteiger partial charge < -0.3 is 10.0 Å². The normalized spacial score (nSPS) is 19.4. The molecule has 1 fully saturated rings. The van der Waals surface area contributed by atoms with E-state index in [1.807, 2.05) is 0 Å². The molecule has 1 aliphatic heterocycles. The van der Waals surface area contributed by atoms with Crippen molar-refractivity contribution in [1.82, 2.24) is 0 Å². The van der Waals surface area contributed by atoms with Crippen LogP contribution in [0.1, 0.15) is 16.8 Å². The Hall–Kier alpha value is -1.14. The first kappa shape index (κ1) is 13.3. The number of hydrogen-bond acceptors (Lipinski definition) is 2. The van der Waals surface area contributed by atoms with E-state index in [0.29, 0.717) is 0 Å². The molecule has 18 heavy (non-hydrogen) atoms. The van der Waals surface area contributed by atoms with Gasteiger partial charge in [-0.1, -0.05) is 0 Å². The molecule has 1 aromatic rings. The minimum Gasteiger partial charge on any atom is -0.478 e. The van der Waals surface area contributed by atoms with Crippen LogP contribution < -0.4 is 4.90 Å². The molecule has 0 aliphatic carbocycles. The van der Waals surface area contributed by atoms with Gasteiger partial charge in [0.2, 0.25) is 5.91 Å². The van der Waals surface area contributed by atoms with Gasteiger partial charge in [0, 0.05) is 17.4 Å². The fourth-order valence-corrected chi connectivity index (χ4v) is 2.65. The summed E-state index contributed by atoms with van der Waals surface area (Å²) in [5.41, 5.74) is -0.501. The van der Waals surface area contributed by atoms with Crippen molar-refractivity contribution in [2.45, 2.75) is 11.8 Å². The topological polar surface area (TPSA) is 57.6 Å². The summed E-state index contributed by atoms with van der Waals surface area (Å²) in [4.78, 5) is 23.9. The van der Waals surface area contributed by atoms with Crippen LogP contribution in [0.5, 0.6) is 0 Å². The van der Waals surface area contributed by atoms with Crippen molar-refractivity contribution in [2.75, 3.05) is 11.4 Å². The van der Waals surface area contributed by atoms with Gasteiger partial charge in [-0.25, -0.2) is 9.18 Å². The SMILES string of the molecule is O=C(O)c1c(Br)ccc(F)c1N1CC(Cl)CC1=O. The second-order valence-electron chi connectivity index (χ2n) is 3.86. The minimum atomic E-state index is -1.30. The van der Waals surface area contributed by atoms with Crippen LogP contribution in [0.3, 0.4) is 0 Å². The number of anilines is 1. The average Bonchev–Trinajstić information content (AvgIpc) is 2.60. The Balaban J connectivity index is 2.59. The Labute approximate surface area is 115 Å².